The second kappa shape index (κ2) is 9.31. The molecule has 0 bridgehead atoms. The van der Waals surface area contributed by atoms with E-state index in [0.717, 1.165) is 26.1 Å². The molecule has 3 rings (SSSR count). The lowest BCUT2D eigenvalue weighted by molar-refractivity contribution is -0.121. The van der Waals surface area contributed by atoms with Gasteiger partial charge in [0.1, 0.15) is 0 Å². The summed E-state index contributed by atoms with van der Waals surface area (Å²) < 4.78 is 5.82. The van der Waals surface area contributed by atoms with E-state index in [1.165, 1.54) is 16.7 Å². The summed E-state index contributed by atoms with van der Waals surface area (Å²) in [6.45, 7) is 7.65. The summed E-state index contributed by atoms with van der Waals surface area (Å²) in [6.07, 6.45) is 1.88. The maximum atomic E-state index is 12.2. The highest BCUT2D eigenvalue weighted by atomic mass is 32.1. The summed E-state index contributed by atoms with van der Waals surface area (Å²) in [6, 6.07) is 10.5. The average molecular weight is 373 g/mol. The van der Waals surface area contributed by atoms with Gasteiger partial charge in [0.2, 0.25) is 5.91 Å². The highest BCUT2D eigenvalue weighted by Crippen LogP contribution is 2.17. The maximum absolute atomic E-state index is 12.2. The monoisotopic (exact) mass is 372 g/mol. The molecule has 1 aromatic heterocycles. The fourth-order valence-corrected chi connectivity index (χ4v) is 4.22. The Balaban J connectivity index is 1.52. The molecule has 2 atom stereocenters. The smallest absolute Gasteiger partial charge is 0.220 e. The molecule has 0 aliphatic carbocycles. The standard InChI is InChI=1S/C21H28N2O2S/c1-16-12-23(13-17(2)25-16)14-20-6-4-3-5-19(20)11-22-21(24)8-7-18-9-10-26-15-18/h3-6,9-10,15-17H,7-8,11-14H2,1-2H3,(H,22,24). The fourth-order valence-electron chi connectivity index (χ4n) is 3.51. The average Bonchev–Trinajstić information content (AvgIpc) is 3.12. The molecule has 2 aromatic rings. The lowest BCUT2D eigenvalue weighted by Crippen LogP contribution is -2.45. The molecule has 1 aliphatic heterocycles. The van der Waals surface area contributed by atoms with Crippen LogP contribution in [0.25, 0.3) is 0 Å². The van der Waals surface area contributed by atoms with E-state index in [4.69, 9.17) is 4.74 Å². The van der Waals surface area contributed by atoms with E-state index in [-0.39, 0.29) is 18.1 Å². The van der Waals surface area contributed by atoms with E-state index < -0.39 is 0 Å². The zero-order valence-electron chi connectivity index (χ0n) is 15.6. The number of hydrogen-bond acceptors (Lipinski definition) is 4. The van der Waals surface area contributed by atoms with Crippen LogP contribution in [0.3, 0.4) is 0 Å². The Kier molecular flexibility index (Phi) is 6.83. The van der Waals surface area contributed by atoms with Crippen LogP contribution in [0.2, 0.25) is 0 Å². The molecule has 5 heteroatoms. The van der Waals surface area contributed by atoms with Gasteiger partial charge in [-0.1, -0.05) is 24.3 Å². The third-order valence-electron chi connectivity index (χ3n) is 4.70. The first-order valence-electron chi connectivity index (χ1n) is 9.32. The van der Waals surface area contributed by atoms with Crippen LogP contribution < -0.4 is 5.32 Å². The van der Waals surface area contributed by atoms with Crippen molar-refractivity contribution >= 4 is 17.2 Å². The highest BCUT2D eigenvalue weighted by molar-refractivity contribution is 7.07. The number of nitrogens with zero attached hydrogens (tertiary/aromatic N) is 1. The number of rotatable bonds is 7. The van der Waals surface area contributed by atoms with Crippen LogP contribution in [-0.2, 0) is 29.0 Å². The van der Waals surface area contributed by atoms with Gasteiger partial charge in [0.05, 0.1) is 12.2 Å². The molecule has 1 aliphatic rings. The Bertz CT molecular complexity index is 692. The molecule has 140 valence electrons. The zero-order chi connectivity index (χ0) is 18.4. The molecule has 0 spiro atoms. The maximum Gasteiger partial charge on any atom is 0.220 e. The molecule has 1 N–H and O–H groups in total. The molecule has 0 saturated carbocycles. The van der Waals surface area contributed by atoms with Crippen LogP contribution in [0.1, 0.15) is 37.0 Å². The molecule has 26 heavy (non-hydrogen) atoms. The Hall–Kier alpha value is -1.69. The number of morpholine rings is 1. The molecule has 2 unspecified atom stereocenters. The van der Waals surface area contributed by atoms with Crippen molar-refractivity contribution < 1.29 is 9.53 Å². The Morgan fingerprint density at radius 1 is 1.19 bits per heavy atom. The topological polar surface area (TPSA) is 41.6 Å². The number of thiophene rings is 1. The Morgan fingerprint density at radius 3 is 2.62 bits per heavy atom. The summed E-state index contributed by atoms with van der Waals surface area (Å²) in [7, 11) is 0. The van der Waals surface area contributed by atoms with Crippen molar-refractivity contribution in [3.63, 3.8) is 0 Å². The van der Waals surface area contributed by atoms with Crippen molar-refractivity contribution in [2.75, 3.05) is 13.1 Å². The van der Waals surface area contributed by atoms with Gasteiger partial charge in [-0.3, -0.25) is 9.69 Å². The summed E-state index contributed by atoms with van der Waals surface area (Å²) in [4.78, 5) is 14.6. The fraction of sp³-hybridized carbons (Fsp3) is 0.476. The van der Waals surface area contributed by atoms with Gasteiger partial charge >= 0.3 is 0 Å². The van der Waals surface area contributed by atoms with Crippen LogP contribution in [0, 0.1) is 0 Å². The molecule has 4 nitrogen and oxygen atoms in total. The largest absolute Gasteiger partial charge is 0.373 e. The van der Waals surface area contributed by atoms with Gasteiger partial charge in [-0.05, 0) is 53.8 Å². The van der Waals surface area contributed by atoms with Crippen LogP contribution in [0.4, 0.5) is 0 Å². The molecule has 1 saturated heterocycles. The zero-order valence-corrected chi connectivity index (χ0v) is 16.4. The summed E-state index contributed by atoms with van der Waals surface area (Å²) in [5.41, 5.74) is 3.72. The normalized spacial score (nSPS) is 20.8. The van der Waals surface area contributed by atoms with Crippen LogP contribution in [-0.4, -0.2) is 36.1 Å². The van der Waals surface area contributed by atoms with Gasteiger partial charge in [0, 0.05) is 32.6 Å². The molecule has 2 heterocycles. The first-order valence-corrected chi connectivity index (χ1v) is 10.3. The minimum Gasteiger partial charge on any atom is -0.373 e. The summed E-state index contributed by atoms with van der Waals surface area (Å²) in [5, 5.41) is 7.23. The predicted molar refractivity (Wildman–Crippen MR) is 106 cm³/mol. The molecule has 1 fully saturated rings. The number of hydrogen-bond donors (Lipinski definition) is 1. The number of amides is 1. The van der Waals surface area contributed by atoms with Crippen LogP contribution in [0.5, 0.6) is 0 Å². The van der Waals surface area contributed by atoms with Crippen molar-refractivity contribution in [2.45, 2.75) is 52.0 Å². The van der Waals surface area contributed by atoms with Crippen molar-refractivity contribution in [1.82, 2.24) is 10.2 Å². The molecular weight excluding hydrogens is 344 g/mol. The Morgan fingerprint density at radius 2 is 1.92 bits per heavy atom. The van der Waals surface area contributed by atoms with E-state index in [0.29, 0.717) is 13.0 Å². The number of carbonyl (C=O) groups is 1. The van der Waals surface area contributed by atoms with E-state index >= 15 is 0 Å². The lowest BCUT2D eigenvalue weighted by atomic mass is 10.1. The van der Waals surface area contributed by atoms with Gasteiger partial charge in [-0.25, -0.2) is 0 Å². The van der Waals surface area contributed by atoms with Crippen molar-refractivity contribution in [2.24, 2.45) is 0 Å². The van der Waals surface area contributed by atoms with E-state index in [9.17, 15) is 4.79 Å². The van der Waals surface area contributed by atoms with Gasteiger partial charge in [0.15, 0.2) is 0 Å². The minimum absolute atomic E-state index is 0.111. The third kappa shape index (κ3) is 5.66. The molecule has 1 amide bonds. The van der Waals surface area contributed by atoms with E-state index in [2.05, 4.69) is 59.1 Å². The van der Waals surface area contributed by atoms with Crippen molar-refractivity contribution in [3.05, 3.63) is 57.8 Å². The molecule has 1 aromatic carbocycles. The molecule has 0 radical (unpaired) electrons. The van der Waals surface area contributed by atoms with Gasteiger partial charge in [-0.2, -0.15) is 11.3 Å². The summed E-state index contributed by atoms with van der Waals surface area (Å²) >= 11 is 1.67. The van der Waals surface area contributed by atoms with Crippen LogP contribution >= 0.6 is 11.3 Å². The lowest BCUT2D eigenvalue weighted by Gasteiger charge is -2.35. The SMILES string of the molecule is CC1CN(Cc2ccccc2CNC(=O)CCc2ccsc2)CC(C)O1. The first kappa shape index (κ1) is 19.1. The number of ether oxygens (including phenoxy) is 1. The second-order valence-corrected chi connectivity index (χ2v) is 7.91. The number of nitrogens with one attached hydrogen (secondary N) is 1. The van der Waals surface area contributed by atoms with Gasteiger partial charge in [0.25, 0.3) is 0 Å². The third-order valence-corrected chi connectivity index (χ3v) is 5.44. The number of carbonyl (C=O) groups excluding carboxylic acids is 1. The van der Waals surface area contributed by atoms with Gasteiger partial charge < -0.3 is 10.1 Å². The van der Waals surface area contributed by atoms with Crippen LogP contribution in [0.15, 0.2) is 41.1 Å². The van der Waals surface area contributed by atoms with Gasteiger partial charge in [-0.15, -0.1) is 0 Å². The second-order valence-electron chi connectivity index (χ2n) is 7.13. The Labute approximate surface area is 160 Å². The first-order chi connectivity index (χ1) is 12.6. The van der Waals surface area contributed by atoms with Crippen molar-refractivity contribution in [3.8, 4) is 0 Å². The number of benzene rings is 1. The quantitative estimate of drug-likeness (QED) is 0.807. The summed E-state index contributed by atoms with van der Waals surface area (Å²) in [5.74, 6) is 0.111. The highest BCUT2D eigenvalue weighted by Gasteiger charge is 2.22. The van der Waals surface area contributed by atoms with E-state index in [1.54, 1.807) is 11.3 Å². The minimum atomic E-state index is 0.111. The van der Waals surface area contributed by atoms with Crippen molar-refractivity contribution in [1.29, 1.82) is 0 Å². The predicted octanol–water partition coefficient (Wildman–Crippen LogP) is 3.61. The number of aryl methyl sites for hydroxylation is 1. The van der Waals surface area contributed by atoms with E-state index in [1.807, 2.05) is 6.07 Å². The molecular formula is C21H28N2O2S.